The molecule has 2 rings (SSSR count). The van der Waals surface area contributed by atoms with Crippen LogP contribution >= 0.6 is 17.0 Å². The van der Waals surface area contributed by atoms with Crippen LogP contribution in [0.3, 0.4) is 0 Å². The van der Waals surface area contributed by atoms with E-state index in [0.29, 0.717) is 0 Å². The van der Waals surface area contributed by atoms with Crippen molar-refractivity contribution in [3.63, 3.8) is 0 Å². The van der Waals surface area contributed by atoms with Crippen molar-refractivity contribution in [2.45, 2.75) is 48.5 Å². The molecule has 0 saturated carbocycles. The maximum atomic E-state index is 4.93. The Morgan fingerprint density at radius 1 is 0.900 bits per heavy atom. The Balaban J connectivity index is 0.000000315. The first kappa shape index (κ1) is 20.2. The average molecular weight is 391 g/mol. The molecule has 0 N–H and O–H groups in total. The van der Waals surface area contributed by atoms with Gasteiger partial charge in [-0.3, -0.25) is 0 Å². The van der Waals surface area contributed by atoms with Crippen LogP contribution in [0.15, 0.2) is 18.2 Å². The van der Waals surface area contributed by atoms with Gasteiger partial charge in [0.05, 0.1) is 0 Å². The molecule has 0 radical (unpaired) electrons. The van der Waals surface area contributed by atoms with E-state index in [1.54, 1.807) is 0 Å². The Morgan fingerprint density at radius 2 is 1.30 bits per heavy atom. The van der Waals surface area contributed by atoms with Gasteiger partial charge in [-0.15, -0.1) is 0 Å². The Labute approximate surface area is 142 Å². The molecule has 0 unspecified atom stereocenters. The van der Waals surface area contributed by atoms with Crippen LogP contribution in [0.5, 0.6) is 0 Å². The molecular weight excluding hydrogens is 366 g/mol. The summed E-state index contributed by atoms with van der Waals surface area (Å²) < 4.78 is 0. The van der Waals surface area contributed by atoms with Crippen molar-refractivity contribution >= 4 is 17.0 Å². The van der Waals surface area contributed by atoms with E-state index < -0.39 is 20.8 Å². The predicted octanol–water partition coefficient (Wildman–Crippen LogP) is 6.35. The predicted molar refractivity (Wildman–Crippen MR) is 88.9 cm³/mol. The SMILES string of the molecule is Cc1c(C)c(C)[c-](C)c1C.Cc1cc[c-](C)c1.[Cl][Zr+2][Cl]. The standard InChI is InChI=1S/C10H15.C7H9.2ClH.Zr/c1-6-7(2)9(4)10(5)8(6)3;1-6-3-4-7(2)5-6;;;/h1-5H3;3-5H,1-2H3;2*1H;/q2*-1;;;+4/p-2. The Morgan fingerprint density at radius 3 is 1.40 bits per heavy atom. The van der Waals surface area contributed by atoms with Crippen LogP contribution in [0.1, 0.15) is 38.9 Å². The topological polar surface area (TPSA) is 0 Å². The Kier molecular flexibility index (Phi) is 10.1. The second-order valence-corrected chi connectivity index (χ2v) is 8.89. The number of hydrogen-bond acceptors (Lipinski definition) is 0. The van der Waals surface area contributed by atoms with Crippen molar-refractivity contribution in [1.82, 2.24) is 0 Å². The van der Waals surface area contributed by atoms with Crippen molar-refractivity contribution in [1.29, 1.82) is 0 Å². The summed E-state index contributed by atoms with van der Waals surface area (Å²) in [5, 5.41) is 0. The molecule has 0 aliphatic heterocycles. The summed E-state index contributed by atoms with van der Waals surface area (Å²) in [4.78, 5) is 0. The fourth-order valence-corrected chi connectivity index (χ4v) is 2.12. The minimum absolute atomic E-state index is 0.826. The van der Waals surface area contributed by atoms with Gasteiger partial charge in [-0.25, -0.2) is 11.6 Å². The van der Waals surface area contributed by atoms with Crippen LogP contribution in [0, 0.1) is 48.5 Å². The van der Waals surface area contributed by atoms with E-state index in [-0.39, 0.29) is 0 Å². The molecule has 0 atom stereocenters. The van der Waals surface area contributed by atoms with Crippen molar-refractivity contribution in [2.75, 3.05) is 0 Å². The quantitative estimate of drug-likeness (QED) is 0.460. The number of aryl methyl sites for hydroxylation is 2. The summed E-state index contributed by atoms with van der Waals surface area (Å²) in [6.07, 6.45) is 0. The average Bonchev–Trinajstić information content (AvgIpc) is 2.85. The summed E-state index contributed by atoms with van der Waals surface area (Å²) in [7, 11) is 9.87. The van der Waals surface area contributed by atoms with Crippen LogP contribution in [0.2, 0.25) is 0 Å². The zero-order valence-corrected chi connectivity index (χ0v) is 17.5. The van der Waals surface area contributed by atoms with Gasteiger partial charge in [0, 0.05) is 0 Å². The second kappa shape index (κ2) is 9.98. The van der Waals surface area contributed by atoms with Crippen molar-refractivity contribution in [3.05, 3.63) is 57.1 Å². The second-order valence-electron chi connectivity index (χ2n) is 5.16. The number of halogens is 2. The van der Waals surface area contributed by atoms with Gasteiger partial charge in [-0.2, -0.15) is 45.5 Å². The molecule has 20 heavy (non-hydrogen) atoms. The molecule has 0 aromatic heterocycles. The molecule has 0 bridgehead atoms. The van der Waals surface area contributed by atoms with E-state index >= 15 is 0 Å². The summed E-state index contributed by atoms with van der Waals surface area (Å²) >= 11 is -0.826. The van der Waals surface area contributed by atoms with Gasteiger partial charge in [0.15, 0.2) is 0 Å². The van der Waals surface area contributed by atoms with E-state index in [1.807, 2.05) is 0 Å². The summed E-state index contributed by atoms with van der Waals surface area (Å²) in [5.41, 5.74) is 10.1. The molecule has 0 nitrogen and oxygen atoms in total. The van der Waals surface area contributed by atoms with E-state index in [2.05, 4.69) is 66.7 Å². The summed E-state index contributed by atoms with van der Waals surface area (Å²) in [5.74, 6) is 0. The molecule has 2 aromatic rings. The summed E-state index contributed by atoms with van der Waals surface area (Å²) in [6, 6.07) is 6.41. The maximum absolute atomic E-state index is 4.93. The minimum atomic E-state index is -0.826. The Hall–Kier alpha value is 0.163. The molecule has 0 aliphatic rings. The molecule has 2 aromatic carbocycles. The third-order valence-electron chi connectivity index (χ3n) is 3.88. The van der Waals surface area contributed by atoms with Gasteiger partial charge in [0.2, 0.25) is 0 Å². The fraction of sp³-hybridized carbons (Fsp3) is 0.412. The monoisotopic (exact) mass is 388 g/mol. The molecule has 0 saturated heterocycles. The fourth-order valence-electron chi connectivity index (χ4n) is 2.12. The van der Waals surface area contributed by atoms with Crippen LogP contribution in [-0.2, 0) is 20.8 Å². The molecule has 110 valence electrons. The third kappa shape index (κ3) is 6.29. The van der Waals surface area contributed by atoms with E-state index in [9.17, 15) is 0 Å². The normalized spacial score (nSPS) is 9.05. The zero-order chi connectivity index (χ0) is 15.9. The molecule has 0 heterocycles. The number of hydrogen-bond donors (Lipinski definition) is 0. The molecule has 0 aliphatic carbocycles. The first-order chi connectivity index (χ1) is 9.26. The van der Waals surface area contributed by atoms with Crippen LogP contribution < -0.4 is 0 Å². The van der Waals surface area contributed by atoms with Crippen LogP contribution in [0.4, 0.5) is 0 Å². The molecule has 0 spiro atoms. The molecular formula is C17H24Cl2Zr. The van der Waals surface area contributed by atoms with Gasteiger partial charge in [0.1, 0.15) is 0 Å². The third-order valence-corrected chi connectivity index (χ3v) is 3.88. The van der Waals surface area contributed by atoms with E-state index in [4.69, 9.17) is 17.0 Å². The van der Waals surface area contributed by atoms with Crippen LogP contribution in [-0.4, -0.2) is 0 Å². The molecule has 0 fully saturated rings. The van der Waals surface area contributed by atoms with Crippen molar-refractivity contribution in [3.8, 4) is 0 Å². The van der Waals surface area contributed by atoms with E-state index in [1.165, 1.54) is 38.9 Å². The van der Waals surface area contributed by atoms with Crippen LogP contribution in [0.25, 0.3) is 0 Å². The van der Waals surface area contributed by atoms with Gasteiger partial charge < -0.3 is 0 Å². The van der Waals surface area contributed by atoms with Crippen molar-refractivity contribution < 1.29 is 20.8 Å². The Bertz CT molecular complexity index is 425. The van der Waals surface area contributed by atoms with Crippen molar-refractivity contribution in [2.24, 2.45) is 0 Å². The number of rotatable bonds is 0. The first-order valence-corrected chi connectivity index (χ1v) is 12.9. The molecule has 3 heteroatoms. The van der Waals surface area contributed by atoms with Gasteiger partial charge in [-0.1, -0.05) is 48.5 Å². The molecule has 0 amide bonds. The van der Waals surface area contributed by atoms with Gasteiger partial charge in [-0.05, 0) is 0 Å². The van der Waals surface area contributed by atoms with E-state index in [0.717, 1.165) is 0 Å². The van der Waals surface area contributed by atoms with Gasteiger partial charge in [0.25, 0.3) is 0 Å². The zero-order valence-electron chi connectivity index (χ0n) is 13.5. The summed E-state index contributed by atoms with van der Waals surface area (Å²) in [6.45, 7) is 15.2. The van der Waals surface area contributed by atoms with Gasteiger partial charge >= 0.3 is 37.9 Å². The first-order valence-electron chi connectivity index (χ1n) is 6.62.